The van der Waals surface area contributed by atoms with E-state index in [1.165, 1.54) is 5.56 Å². The van der Waals surface area contributed by atoms with Crippen molar-refractivity contribution in [3.05, 3.63) is 54.0 Å². The van der Waals surface area contributed by atoms with Gasteiger partial charge >= 0.3 is 0 Å². The normalized spacial score (nSPS) is 12.3. The second-order valence-corrected chi connectivity index (χ2v) is 4.36. The van der Waals surface area contributed by atoms with Gasteiger partial charge in [-0.1, -0.05) is 25.1 Å². The maximum Gasteiger partial charge on any atom is 0.124 e. The van der Waals surface area contributed by atoms with E-state index in [-0.39, 0.29) is 6.04 Å². The molecule has 0 fully saturated rings. The summed E-state index contributed by atoms with van der Waals surface area (Å²) in [5, 5.41) is 3.50. The van der Waals surface area contributed by atoms with Crippen LogP contribution in [-0.4, -0.2) is 13.2 Å². The highest BCUT2D eigenvalue weighted by atomic mass is 16.5. The van der Waals surface area contributed by atoms with Crippen LogP contribution in [0.3, 0.4) is 0 Å². The van der Waals surface area contributed by atoms with Gasteiger partial charge in [0.1, 0.15) is 11.5 Å². The molecule has 1 aromatic heterocycles. The van der Waals surface area contributed by atoms with Crippen LogP contribution < -0.4 is 10.1 Å². The molecule has 19 heavy (non-hydrogen) atoms. The van der Waals surface area contributed by atoms with Crippen LogP contribution in [0.25, 0.3) is 0 Å². The number of benzene rings is 1. The zero-order chi connectivity index (χ0) is 13.5. The van der Waals surface area contributed by atoms with E-state index >= 15 is 0 Å². The molecule has 2 rings (SSSR count). The monoisotopic (exact) mass is 259 g/mol. The minimum Gasteiger partial charge on any atom is -0.494 e. The maximum atomic E-state index is 5.71. The Bertz CT molecular complexity index is 479. The number of likely N-dealkylation sites (N-methyl/N-ethyl adjacent to an activating group) is 1. The van der Waals surface area contributed by atoms with Crippen molar-refractivity contribution in [3.8, 4) is 5.75 Å². The fraction of sp³-hybridized carbons (Fsp3) is 0.375. The number of nitrogens with one attached hydrogen (secondary N) is 1. The van der Waals surface area contributed by atoms with E-state index in [0.29, 0.717) is 6.61 Å². The van der Waals surface area contributed by atoms with Gasteiger partial charge in [-0.05, 0) is 31.7 Å². The molecule has 0 bridgehead atoms. The molecule has 0 aliphatic carbocycles. The number of ether oxygens (including phenoxy) is 1. The van der Waals surface area contributed by atoms with E-state index in [2.05, 4.69) is 18.3 Å². The Morgan fingerprint density at radius 3 is 2.68 bits per heavy atom. The van der Waals surface area contributed by atoms with Gasteiger partial charge in [0.2, 0.25) is 0 Å². The Morgan fingerprint density at radius 2 is 2.00 bits per heavy atom. The summed E-state index contributed by atoms with van der Waals surface area (Å²) in [6.45, 7) is 5.70. The molecule has 1 unspecified atom stereocenters. The predicted molar refractivity (Wildman–Crippen MR) is 76.4 cm³/mol. The van der Waals surface area contributed by atoms with Gasteiger partial charge < -0.3 is 14.5 Å². The van der Waals surface area contributed by atoms with Crippen molar-refractivity contribution in [1.29, 1.82) is 0 Å². The Kier molecular flexibility index (Phi) is 5.04. The van der Waals surface area contributed by atoms with E-state index in [0.717, 1.165) is 24.5 Å². The lowest BCUT2D eigenvalue weighted by molar-refractivity contribution is 0.330. The van der Waals surface area contributed by atoms with E-state index in [4.69, 9.17) is 9.15 Å². The van der Waals surface area contributed by atoms with Crippen LogP contribution in [0.2, 0.25) is 0 Å². The van der Waals surface area contributed by atoms with Crippen molar-refractivity contribution in [3.63, 3.8) is 0 Å². The third-order valence-corrected chi connectivity index (χ3v) is 3.03. The Hall–Kier alpha value is -1.74. The first-order valence-corrected chi connectivity index (χ1v) is 6.82. The van der Waals surface area contributed by atoms with Crippen LogP contribution in [0, 0.1) is 0 Å². The molecule has 0 saturated heterocycles. The molecule has 2 aromatic rings. The first kappa shape index (κ1) is 13.7. The lowest BCUT2D eigenvalue weighted by atomic mass is 10.0. The molecule has 3 nitrogen and oxygen atoms in total. The SMILES string of the molecule is CCNC(Cc1ccco1)c1ccccc1OCC. The third-order valence-electron chi connectivity index (χ3n) is 3.03. The molecule has 102 valence electrons. The molecule has 0 aliphatic rings. The van der Waals surface area contributed by atoms with Gasteiger partial charge in [0.15, 0.2) is 0 Å². The predicted octanol–water partition coefficient (Wildman–Crippen LogP) is 3.57. The largest absolute Gasteiger partial charge is 0.494 e. The summed E-state index contributed by atoms with van der Waals surface area (Å²) in [6, 6.07) is 12.3. The van der Waals surface area contributed by atoms with Crippen LogP contribution in [0.15, 0.2) is 47.1 Å². The van der Waals surface area contributed by atoms with Gasteiger partial charge in [-0.3, -0.25) is 0 Å². The van der Waals surface area contributed by atoms with Gasteiger partial charge in [-0.25, -0.2) is 0 Å². The van der Waals surface area contributed by atoms with Crippen LogP contribution in [-0.2, 0) is 6.42 Å². The number of hydrogen-bond donors (Lipinski definition) is 1. The van der Waals surface area contributed by atoms with Crippen molar-refractivity contribution in [2.75, 3.05) is 13.2 Å². The van der Waals surface area contributed by atoms with Crippen molar-refractivity contribution in [2.45, 2.75) is 26.3 Å². The number of furan rings is 1. The number of rotatable bonds is 7. The second-order valence-electron chi connectivity index (χ2n) is 4.36. The quantitative estimate of drug-likeness (QED) is 0.825. The van der Waals surface area contributed by atoms with E-state index in [9.17, 15) is 0 Å². The van der Waals surface area contributed by atoms with Crippen molar-refractivity contribution in [2.24, 2.45) is 0 Å². The van der Waals surface area contributed by atoms with Crippen LogP contribution in [0.1, 0.15) is 31.2 Å². The van der Waals surface area contributed by atoms with Gasteiger partial charge in [0.25, 0.3) is 0 Å². The molecule has 0 radical (unpaired) electrons. The van der Waals surface area contributed by atoms with Gasteiger partial charge in [0.05, 0.1) is 12.9 Å². The molecular formula is C16H21NO2. The summed E-state index contributed by atoms with van der Waals surface area (Å²) in [4.78, 5) is 0. The van der Waals surface area contributed by atoms with Crippen LogP contribution in [0.5, 0.6) is 5.75 Å². The van der Waals surface area contributed by atoms with Gasteiger partial charge in [-0.15, -0.1) is 0 Å². The zero-order valence-corrected chi connectivity index (χ0v) is 11.6. The number of para-hydroxylation sites is 1. The highest BCUT2D eigenvalue weighted by molar-refractivity contribution is 5.36. The summed E-state index contributed by atoms with van der Waals surface area (Å²) in [6.07, 6.45) is 2.54. The number of hydrogen-bond acceptors (Lipinski definition) is 3. The fourth-order valence-corrected chi connectivity index (χ4v) is 2.22. The van der Waals surface area contributed by atoms with Crippen molar-refractivity contribution < 1.29 is 9.15 Å². The topological polar surface area (TPSA) is 34.4 Å². The Morgan fingerprint density at radius 1 is 1.16 bits per heavy atom. The lowest BCUT2D eigenvalue weighted by Gasteiger charge is -2.20. The highest BCUT2D eigenvalue weighted by Gasteiger charge is 2.16. The molecule has 1 aromatic carbocycles. The van der Waals surface area contributed by atoms with E-state index < -0.39 is 0 Å². The van der Waals surface area contributed by atoms with Crippen molar-refractivity contribution >= 4 is 0 Å². The molecule has 1 N–H and O–H groups in total. The molecular weight excluding hydrogens is 238 g/mol. The Balaban J connectivity index is 2.22. The minimum atomic E-state index is 0.207. The molecule has 1 heterocycles. The molecule has 0 amide bonds. The van der Waals surface area contributed by atoms with Crippen molar-refractivity contribution in [1.82, 2.24) is 5.32 Å². The van der Waals surface area contributed by atoms with E-state index in [1.807, 2.05) is 37.3 Å². The maximum absolute atomic E-state index is 5.71. The minimum absolute atomic E-state index is 0.207. The third kappa shape index (κ3) is 3.61. The molecule has 0 spiro atoms. The summed E-state index contributed by atoms with van der Waals surface area (Å²) < 4.78 is 11.2. The zero-order valence-electron chi connectivity index (χ0n) is 11.6. The molecule has 1 atom stereocenters. The summed E-state index contributed by atoms with van der Waals surface area (Å²) in [7, 11) is 0. The molecule has 0 aliphatic heterocycles. The highest BCUT2D eigenvalue weighted by Crippen LogP contribution is 2.27. The second kappa shape index (κ2) is 7.00. The average molecular weight is 259 g/mol. The summed E-state index contributed by atoms with van der Waals surface area (Å²) >= 11 is 0. The Labute approximate surface area is 114 Å². The average Bonchev–Trinajstić information content (AvgIpc) is 2.92. The lowest BCUT2D eigenvalue weighted by Crippen LogP contribution is -2.23. The fourth-order valence-electron chi connectivity index (χ4n) is 2.22. The molecule has 3 heteroatoms. The smallest absolute Gasteiger partial charge is 0.124 e. The summed E-state index contributed by atoms with van der Waals surface area (Å²) in [5.41, 5.74) is 1.18. The van der Waals surface area contributed by atoms with Crippen LogP contribution >= 0.6 is 0 Å². The van der Waals surface area contributed by atoms with E-state index in [1.54, 1.807) is 6.26 Å². The van der Waals surface area contributed by atoms with Gasteiger partial charge in [-0.2, -0.15) is 0 Å². The first-order valence-electron chi connectivity index (χ1n) is 6.82. The molecule has 0 saturated carbocycles. The first-order chi connectivity index (χ1) is 9.35. The standard InChI is InChI=1S/C16H21NO2/c1-3-17-15(12-13-8-7-11-19-13)14-9-5-6-10-16(14)18-4-2/h5-11,15,17H,3-4,12H2,1-2H3. The van der Waals surface area contributed by atoms with Crippen LogP contribution in [0.4, 0.5) is 0 Å². The van der Waals surface area contributed by atoms with Gasteiger partial charge in [0, 0.05) is 18.0 Å². The summed E-state index contributed by atoms with van der Waals surface area (Å²) in [5.74, 6) is 1.93.